The topological polar surface area (TPSA) is 40.0 Å². The Morgan fingerprint density at radius 2 is 1.88 bits per heavy atom. The molecule has 1 aliphatic heterocycles. The van der Waals surface area contributed by atoms with Crippen LogP contribution in [0.5, 0.6) is 0 Å². The Kier molecular flexibility index (Phi) is 5.44. The van der Waals surface area contributed by atoms with Gasteiger partial charge in [0.25, 0.3) is 0 Å². The lowest BCUT2D eigenvalue weighted by Crippen LogP contribution is -2.29. The van der Waals surface area contributed by atoms with Gasteiger partial charge in [0, 0.05) is 30.1 Å². The molecule has 3 nitrogen and oxygen atoms in total. The second-order valence-corrected chi connectivity index (χ2v) is 7.10. The first kappa shape index (κ1) is 17.6. The number of aryl methyl sites for hydroxylation is 1. The number of allylic oxidation sites excluding steroid dienone is 1. The monoisotopic (exact) mass is 333 g/mol. The van der Waals surface area contributed by atoms with Gasteiger partial charge in [-0.25, -0.2) is 0 Å². The Hall–Kier alpha value is -2.26. The first-order chi connectivity index (χ1) is 12.0. The third kappa shape index (κ3) is 4.23. The molecule has 0 atom stereocenters. The quantitative estimate of drug-likeness (QED) is 0.783. The summed E-state index contributed by atoms with van der Waals surface area (Å²) >= 11 is 0. The van der Waals surface area contributed by atoms with E-state index in [1.165, 1.54) is 37.9 Å². The van der Waals surface area contributed by atoms with Crippen molar-refractivity contribution in [2.24, 2.45) is 0 Å². The zero-order valence-corrected chi connectivity index (χ0v) is 15.3. The molecule has 0 amide bonds. The predicted octanol–water partition coefficient (Wildman–Crippen LogP) is 4.99. The van der Waals surface area contributed by atoms with Crippen LogP contribution in [0.2, 0.25) is 0 Å². The molecule has 2 heterocycles. The molecule has 3 rings (SSSR count). The third-order valence-corrected chi connectivity index (χ3v) is 4.92. The summed E-state index contributed by atoms with van der Waals surface area (Å²) in [6.07, 6.45) is 7.85. The molecule has 1 fully saturated rings. The predicted molar refractivity (Wildman–Crippen MR) is 105 cm³/mol. The number of aromatic nitrogens is 1. The van der Waals surface area contributed by atoms with Crippen molar-refractivity contribution in [3.63, 3.8) is 0 Å². The summed E-state index contributed by atoms with van der Waals surface area (Å²) in [5.41, 5.74) is 6.84. The Bertz CT molecular complexity index is 786. The first-order valence-corrected chi connectivity index (χ1v) is 9.06. The smallest absolute Gasteiger partial charge is 0.0638 e. The van der Waals surface area contributed by atoms with E-state index in [0.717, 1.165) is 34.4 Å². The highest BCUT2D eigenvalue weighted by atomic mass is 15.1. The highest BCUT2D eigenvalue weighted by Gasteiger charge is 2.12. The van der Waals surface area contributed by atoms with E-state index in [0.29, 0.717) is 5.71 Å². The van der Waals surface area contributed by atoms with E-state index in [2.05, 4.69) is 40.7 Å². The number of nitrogens with zero attached hydrogens (tertiary/aromatic N) is 2. The van der Waals surface area contributed by atoms with Gasteiger partial charge in [0.2, 0.25) is 0 Å². The standard InChI is InChI=1S/C22H27N3/c1-16(2)22(23)21-12-19(8-7-17(21)3)20-11-18(13-24-14-20)15-25-9-5-4-6-10-25/h7-8,11-14,23H,1,4-6,9-10,15H2,2-3H3. The van der Waals surface area contributed by atoms with E-state index >= 15 is 0 Å². The van der Waals surface area contributed by atoms with E-state index in [-0.39, 0.29) is 0 Å². The second kappa shape index (κ2) is 7.75. The van der Waals surface area contributed by atoms with Crippen LogP contribution >= 0.6 is 0 Å². The third-order valence-electron chi connectivity index (χ3n) is 4.92. The van der Waals surface area contributed by atoms with Crippen LogP contribution in [0.3, 0.4) is 0 Å². The van der Waals surface area contributed by atoms with E-state index in [1.54, 1.807) is 0 Å². The number of benzene rings is 1. The Morgan fingerprint density at radius 3 is 2.60 bits per heavy atom. The van der Waals surface area contributed by atoms with Crippen molar-refractivity contribution in [3.05, 3.63) is 65.5 Å². The average Bonchev–Trinajstić information content (AvgIpc) is 2.62. The van der Waals surface area contributed by atoms with Gasteiger partial charge in [-0.2, -0.15) is 0 Å². The molecule has 0 saturated carbocycles. The van der Waals surface area contributed by atoms with Gasteiger partial charge in [0.15, 0.2) is 0 Å². The molecule has 3 heteroatoms. The molecule has 0 radical (unpaired) electrons. The highest BCUT2D eigenvalue weighted by molar-refractivity contribution is 6.11. The summed E-state index contributed by atoms with van der Waals surface area (Å²) in [6.45, 7) is 11.2. The molecular formula is C22H27N3. The number of likely N-dealkylation sites (tertiary alicyclic amines) is 1. The van der Waals surface area contributed by atoms with Crippen molar-refractivity contribution in [3.8, 4) is 11.1 Å². The highest BCUT2D eigenvalue weighted by Crippen LogP contribution is 2.25. The van der Waals surface area contributed by atoms with Crippen LogP contribution in [0, 0.1) is 12.3 Å². The summed E-state index contributed by atoms with van der Waals surface area (Å²) < 4.78 is 0. The largest absolute Gasteiger partial charge is 0.300 e. The number of nitrogens with one attached hydrogen (secondary N) is 1. The maximum atomic E-state index is 8.27. The summed E-state index contributed by atoms with van der Waals surface area (Å²) in [5.74, 6) is 0. The Balaban J connectivity index is 1.86. The molecule has 0 unspecified atom stereocenters. The Labute approximate surface area is 150 Å². The summed E-state index contributed by atoms with van der Waals surface area (Å²) in [6, 6.07) is 8.53. The van der Waals surface area contributed by atoms with Gasteiger partial charge >= 0.3 is 0 Å². The van der Waals surface area contributed by atoms with Gasteiger partial charge in [0.05, 0.1) is 5.71 Å². The molecule has 1 N–H and O–H groups in total. The van der Waals surface area contributed by atoms with Gasteiger partial charge in [0.1, 0.15) is 0 Å². The van der Waals surface area contributed by atoms with E-state index in [1.807, 2.05) is 26.2 Å². The Morgan fingerprint density at radius 1 is 1.12 bits per heavy atom. The second-order valence-electron chi connectivity index (χ2n) is 7.10. The molecule has 1 aromatic carbocycles. The van der Waals surface area contributed by atoms with Crippen molar-refractivity contribution >= 4 is 5.71 Å². The van der Waals surface area contributed by atoms with E-state index in [9.17, 15) is 0 Å². The lowest BCUT2D eigenvalue weighted by atomic mass is 9.95. The summed E-state index contributed by atoms with van der Waals surface area (Å²) in [7, 11) is 0. The van der Waals surface area contributed by atoms with Crippen molar-refractivity contribution in [2.75, 3.05) is 13.1 Å². The molecule has 1 saturated heterocycles. The number of pyridine rings is 1. The number of piperidine rings is 1. The molecular weight excluding hydrogens is 306 g/mol. The van der Waals surface area contributed by atoms with Crippen molar-refractivity contribution < 1.29 is 0 Å². The number of rotatable bonds is 5. The molecule has 130 valence electrons. The van der Waals surface area contributed by atoms with Gasteiger partial charge in [-0.1, -0.05) is 25.1 Å². The number of hydrogen-bond donors (Lipinski definition) is 1. The van der Waals surface area contributed by atoms with Gasteiger partial charge < -0.3 is 5.41 Å². The minimum atomic E-state index is 0.511. The molecule has 0 bridgehead atoms. The molecule has 0 aliphatic carbocycles. The fraction of sp³-hybridized carbons (Fsp3) is 0.364. The van der Waals surface area contributed by atoms with Crippen LogP contribution < -0.4 is 0 Å². The fourth-order valence-corrected chi connectivity index (χ4v) is 3.41. The zero-order chi connectivity index (χ0) is 17.8. The van der Waals surface area contributed by atoms with Crippen LogP contribution in [0.15, 0.2) is 48.8 Å². The van der Waals surface area contributed by atoms with Gasteiger partial charge in [-0.15, -0.1) is 0 Å². The van der Waals surface area contributed by atoms with Crippen LogP contribution in [0.4, 0.5) is 0 Å². The maximum Gasteiger partial charge on any atom is 0.0638 e. The normalized spacial score (nSPS) is 15.1. The number of hydrogen-bond acceptors (Lipinski definition) is 3. The molecule has 2 aromatic rings. The average molecular weight is 333 g/mol. The lowest BCUT2D eigenvalue weighted by Gasteiger charge is -2.26. The van der Waals surface area contributed by atoms with Crippen LogP contribution in [0.1, 0.15) is 42.9 Å². The summed E-state index contributed by atoms with van der Waals surface area (Å²) in [5, 5.41) is 8.27. The molecule has 0 spiro atoms. The van der Waals surface area contributed by atoms with E-state index in [4.69, 9.17) is 5.41 Å². The van der Waals surface area contributed by atoms with Crippen LogP contribution in [0.25, 0.3) is 11.1 Å². The molecule has 1 aromatic heterocycles. The van der Waals surface area contributed by atoms with Crippen molar-refractivity contribution in [1.29, 1.82) is 5.41 Å². The van der Waals surface area contributed by atoms with Crippen LogP contribution in [-0.2, 0) is 6.54 Å². The SMILES string of the molecule is C=C(C)C(=N)c1cc(-c2cncc(CN3CCCCC3)c2)ccc1C. The van der Waals surface area contributed by atoms with Gasteiger partial charge in [-0.3, -0.25) is 9.88 Å². The summed E-state index contributed by atoms with van der Waals surface area (Å²) in [4.78, 5) is 6.98. The lowest BCUT2D eigenvalue weighted by molar-refractivity contribution is 0.220. The van der Waals surface area contributed by atoms with Crippen LogP contribution in [-0.4, -0.2) is 28.7 Å². The van der Waals surface area contributed by atoms with Crippen molar-refractivity contribution in [2.45, 2.75) is 39.7 Å². The first-order valence-electron chi connectivity index (χ1n) is 9.06. The maximum absolute atomic E-state index is 8.27. The van der Waals surface area contributed by atoms with E-state index < -0.39 is 0 Å². The van der Waals surface area contributed by atoms with Gasteiger partial charge in [-0.05, 0) is 74.2 Å². The molecule has 1 aliphatic rings. The molecule has 25 heavy (non-hydrogen) atoms. The minimum absolute atomic E-state index is 0.511. The zero-order valence-electron chi connectivity index (χ0n) is 15.3. The minimum Gasteiger partial charge on any atom is -0.300 e. The fourth-order valence-electron chi connectivity index (χ4n) is 3.41. The van der Waals surface area contributed by atoms with Crippen molar-refractivity contribution in [1.82, 2.24) is 9.88 Å².